The number of ketones is 3. The standard InChI is InChI=1S/C24H22N2O5.C23H21N3O5.C14H17NO3.C10H9NO3.ClHN4/c27-21-10-9-18-23(28)22(31-24(18)19(21)14-25-11-2-1-3-12-25)13-15-7-8-17-16(15)5-4-6-20(17)26(29)30;27-20-7-6-17-22(28)21(31-23(17)18(20)13-25-10-8-24-9-11-25)12-14-4-5-16-15(14)2-1-3-19(16)26(29)30;16-12-5-4-10-13(17)9-18-14(10)11(12)8-15-6-2-1-3-7-15;1-14-10-6-5-7-8(10)3-2-4-9(7)11(12)13;1-3-5-4-2/h4-7,9-10,13,27H,1-3,8,11-12,14H2;1-4,6-7,12,24,27H,5,8-11,13H2;4-5,16H,1-3,6-9H2;2-4,6H,5H2,1H3;2H/b22-13-;21-12-;;;. The van der Waals surface area contributed by atoms with E-state index in [9.17, 15) is 60.0 Å². The molecule has 512 valence electrons. The smallest absolute Gasteiger partial charge is 0.273 e. The molecule has 3 aliphatic carbocycles. The first-order valence-electron chi connectivity index (χ1n) is 32.3. The van der Waals surface area contributed by atoms with Crippen molar-refractivity contribution in [1.29, 1.82) is 5.53 Å². The van der Waals surface area contributed by atoms with Crippen molar-refractivity contribution in [2.45, 2.75) is 77.4 Å². The number of nitro groups is 3. The average Bonchev–Trinajstić information content (AvgIpc) is 1.65. The fourth-order valence-electron chi connectivity index (χ4n) is 13.4. The molecule has 5 N–H and O–H groups in total. The number of aromatic hydroxyl groups is 3. The molecule has 6 aromatic rings. The predicted molar refractivity (Wildman–Crippen MR) is 364 cm³/mol. The van der Waals surface area contributed by atoms with E-state index >= 15 is 0 Å². The second-order valence-corrected chi connectivity index (χ2v) is 24.4. The summed E-state index contributed by atoms with van der Waals surface area (Å²) in [5.41, 5.74) is 15.5. The molecule has 0 unspecified atom stereocenters. The molecule has 6 aliphatic heterocycles. The van der Waals surface area contributed by atoms with Crippen LogP contribution >= 0.6 is 11.8 Å². The second kappa shape index (κ2) is 31.6. The maximum absolute atomic E-state index is 13.0. The summed E-state index contributed by atoms with van der Waals surface area (Å²) in [5.74, 6) is 2.43. The van der Waals surface area contributed by atoms with Crippen molar-refractivity contribution in [2.75, 3.05) is 66.1 Å². The van der Waals surface area contributed by atoms with Gasteiger partial charge in [0.05, 0.1) is 67.0 Å². The maximum Gasteiger partial charge on any atom is 0.273 e. The molecule has 15 rings (SSSR count). The van der Waals surface area contributed by atoms with E-state index in [0.29, 0.717) is 95.1 Å². The van der Waals surface area contributed by atoms with Crippen molar-refractivity contribution in [1.82, 2.24) is 20.0 Å². The van der Waals surface area contributed by atoms with Crippen LogP contribution in [0, 0.1) is 35.9 Å². The molecule has 0 spiro atoms. The van der Waals surface area contributed by atoms with Gasteiger partial charge < -0.3 is 39.6 Å². The minimum Gasteiger partial charge on any atom is -0.507 e. The minimum absolute atomic E-state index is 0.00453. The van der Waals surface area contributed by atoms with Crippen molar-refractivity contribution in [3.05, 3.63) is 230 Å². The monoisotopic (exact) mass is 1370 g/mol. The van der Waals surface area contributed by atoms with Crippen LogP contribution in [-0.2, 0) is 43.6 Å². The van der Waals surface area contributed by atoms with E-state index in [-0.39, 0.29) is 84.6 Å². The Balaban J connectivity index is 0.000000136. The fourth-order valence-corrected chi connectivity index (χ4v) is 13.4. The van der Waals surface area contributed by atoms with Gasteiger partial charge in [0.2, 0.25) is 17.3 Å². The highest BCUT2D eigenvalue weighted by atomic mass is 35.5. The molecular formula is C71H70ClN11O16. The molecule has 6 aromatic carbocycles. The number of piperidine rings is 2. The molecule has 0 atom stereocenters. The summed E-state index contributed by atoms with van der Waals surface area (Å²) in [4.78, 5) is 76.6. The molecule has 28 heteroatoms. The van der Waals surface area contributed by atoms with Crippen molar-refractivity contribution in [3.63, 3.8) is 0 Å². The molecule has 0 saturated carbocycles. The van der Waals surface area contributed by atoms with Gasteiger partial charge in [-0.15, -0.1) is 0 Å². The zero-order valence-electron chi connectivity index (χ0n) is 53.9. The number of piperazine rings is 1. The number of halogens is 1. The van der Waals surface area contributed by atoms with Crippen LogP contribution in [0.25, 0.3) is 16.9 Å². The summed E-state index contributed by atoms with van der Waals surface area (Å²) in [6.07, 6.45) is 17.5. The highest BCUT2D eigenvalue weighted by Gasteiger charge is 2.36. The summed E-state index contributed by atoms with van der Waals surface area (Å²) < 4.78 is 25.1. The van der Waals surface area contributed by atoms with Gasteiger partial charge in [0.15, 0.2) is 18.1 Å². The first-order chi connectivity index (χ1) is 48.0. The second-order valence-electron chi connectivity index (χ2n) is 24.3. The Morgan fingerprint density at radius 3 is 1.36 bits per heavy atom. The number of Topliss-reactive ketones (excluding diaryl/α,β-unsaturated/α-hetero) is 3. The molecular weight excluding hydrogens is 1300 g/mol. The van der Waals surface area contributed by atoms with Crippen molar-refractivity contribution < 1.29 is 63.4 Å². The van der Waals surface area contributed by atoms with Gasteiger partial charge in [0.1, 0.15) is 40.3 Å². The van der Waals surface area contributed by atoms with E-state index < -0.39 is 0 Å². The maximum atomic E-state index is 13.0. The Hall–Kier alpha value is -10.8. The van der Waals surface area contributed by atoms with Gasteiger partial charge in [-0.2, -0.15) is 5.53 Å². The van der Waals surface area contributed by atoms with E-state index in [1.165, 1.54) is 49.9 Å². The molecule has 0 amide bonds. The summed E-state index contributed by atoms with van der Waals surface area (Å²) in [5, 5.41) is 72.6. The van der Waals surface area contributed by atoms with Crippen LogP contribution in [0.2, 0.25) is 0 Å². The van der Waals surface area contributed by atoms with Gasteiger partial charge >= 0.3 is 0 Å². The summed E-state index contributed by atoms with van der Waals surface area (Å²) >= 11 is 4.55. The van der Waals surface area contributed by atoms with Crippen LogP contribution in [0.15, 0.2) is 148 Å². The quantitative estimate of drug-likeness (QED) is 0.0310. The number of phenols is 3. The number of allylic oxidation sites excluding steroid dienone is 9. The van der Waals surface area contributed by atoms with E-state index in [1.807, 2.05) is 36.4 Å². The number of nitro benzene ring substituents is 3. The van der Waals surface area contributed by atoms with Gasteiger partial charge in [0.25, 0.3) is 17.1 Å². The molecule has 9 aliphatic rings. The Bertz CT molecular complexity index is 4230. The molecule has 99 heavy (non-hydrogen) atoms. The normalized spacial score (nSPS) is 17.9. The third-order valence-corrected chi connectivity index (χ3v) is 18.4. The first-order valence-corrected chi connectivity index (χ1v) is 32.6. The molecule has 3 fully saturated rings. The van der Waals surface area contributed by atoms with Gasteiger partial charge in [-0.25, -0.2) is 0 Å². The van der Waals surface area contributed by atoms with Crippen LogP contribution in [-0.4, -0.2) is 128 Å². The van der Waals surface area contributed by atoms with Gasteiger partial charge in [-0.3, -0.25) is 59.4 Å². The topological polar surface area (TPSA) is 361 Å². The van der Waals surface area contributed by atoms with Crippen molar-refractivity contribution >= 4 is 63.1 Å². The Labute approximate surface area is 572 Å². The van der Waals surface area contributed by atoms with Crippen LogP contribution in [0.1, 0.15) is 120 Å². The Morgan fingerprint density at radius 2 is 0.949 bits per heavy atom. The number of fused-ring (bicyclic) bond motifs is 6. The molecule has 0 bridgehead atoms. The third kappa shape index (κ3) is 15.5. The van der Waals surface area contributed by atoms with Crippen molar-refractivity contribution in [3.8, 4) is 34.5 Å². The lowest BCUT2D eigenvalue weighted by Gasteiger charge is -2.27. The Morgan fingerprint density at radius 1 is 0.545 bits per heavy atom. The lowest BCUT2D eigenvalue weighted by Crippen LogP contribution is -2.42. The number of benzene rings is 6. The van der Waals surface area contributed by atoms with Gasteiger partial charge in [-0.05, 0) is 152 Å². The largest absolute Gasteiger partial charge is 0.507 e. The number of hydrogen-bond acceptors (Lipinski definition) is 22. The van der Waals surface area contributed by atoms with Crippen LogP contribution in [0.3, 0.4) is 0 Å². The lowest BCUT2D eigenvalue weighted by molar-refractivity contribution is -0.385. The molecule has 0 radical (unpaired) electrons. The lowest BCUT2D eigenvalue weighted by atomic mass is 10.0. The molecule has 0 aromatic heterocycles. The summed E-state index contributed by atoms with van der Waals surface area (Å²) in [6, 6.07) is 24.4. The van der Waals surface area contributed by atoms with E-state index in [2.05, 4.69) is 46.9 Å². The van der Waals surface area contributed by atoms with Crippen molar-refractivity contribution in [2.24, 2.45) is 15.1 Å². The zero-order chi connectivity index (χ0) is 69.9. The SMILES string of the molecule is COC1=CCc2c1cccc2[N+](=O)[O-].N=NN=NCl.O=C1/C(=C/C2=CCc3c2cccc3[N+](=O)[O-])Oc2c1ccc(O)c2CN1CCCCC1.O=C1/C(=C/C2=CCc3c2cccc3[N+](=O)[O-])Oc2c1ccc(O)c2CN1CCNCC1.O=C1COc2c1ccc(O)c2CN1CCCCC1. The number of likely N-dealkylation sites (tertiary alicyclic amines) is 2. The fraction of sp³-hybridized carbons (Fsp3) is 0.310. The van der Waals surface area contributed by atoms with Gasteiger partial charge in [-0.1, -0.05) is 66.0 Å². The highest BCUT2D eigenvalue weighted by Crippen LogP contribution is 2.45. The summed E-state index contributed by atoms with van der Waals surface area (Å²) in [7, 11) is 1.57. The molecule has 27 nitrogen and oxygen atoms in total. The van der Waals surface area contributed by atoms with E-state index in [1.54, 1.807) is 67.8 Å². The number of nitrogens with zero attached hydrogens (tertiary/aromatic N) is 9. The number of nitrogens with one attached hydrogen (secondary N) is 2. The number of rotatable bonds is 13. The zero-order valence-corrected chi connectivity index (χ0v) is 54.7. The Kier molecular flexibility index (Phi) is 22.2. The number of methoxy groups -OCH3 is 1. The number of carbonyl (C=O) groups excluding carboxylic acids is 3. The highest BCUT2D eigenvalue weighted by molar-refractivity contribution is 6.15. The number of ether oxygens (including phenoxy) is 4. The number of phenolic OH excluding ortho intramolecular Hbond substituents is 3. The van der Waals surface area contributed by atoms with Crippen LogP contribution in [0.5, 0.6) is 34.5 Å². The van der Waals surface area contributed by atoms with E-state index in [0.717, 1.165) is 110 Å². The number of hydrogen-bond donors (Lipinski definition) is 5. The van der Waals surface area contributed by atoms with Crippen LogP contribution in [0.4, 0.5) is 17.1 Å². The van der Waals surface area contributed by atoms with Gasteiger partial charge in [0, 0.05) is 92.7 Å². The molecule has 3 saturated heterocycles. The molecule has 6 heterocycles. The first kappa shape index (κ1) is 69.5. The van der Waals surface area contributed by atoms with Crippen LogP contribution < -0.4 is 19.5 Å². The average molecular weight is 1370 g/mol. The predicted octanol–water partition coefficient (Wildman–Crippen LogP) is 12.8. The number of carbonyl (C=O) groups is 3. The summed E-state index contributed by atoms with van der Waals surface area (Å²) in [6.45, 7) is 9.28. The minimum atomic E-state index is -0.388. The third-order valence-electron chi connectivity index (χ3n) is 18.3. The van der Waals surface area contributed by atoms with E-state index in [4.69, 9.17) is 24.5 Å².